The van der Waals surface area contributed by atoms with Gasteiger partial charge in [0.1, 0.15) is 0 Å². The lowest BCUT2D eigenvalue weighted by molar-refractivity contribution is -0.139. The molecule has 0 radical (unpaired) electrons. The van der Waals surface area contributed by atoms with Gasteiger partial charge in [0.05, 0.1) is 30.6 Å². The van der Waals surface area contributed by atoms with Crippen molar-refractivity contribution < 1.29 is 9.53 Å². The van der Waals surface area contributed by atoms with E-state index in [4.69, 9.17) is 9.84 Å². The molecule has 0 amide bonds. The Balaban J connectivity index is 2.02. The Morgan fingerprint density at radius 1 is 0.821 bits per heavy atom. The van der Waals surface area contributed by atoms with E-state index >= 15 is 0 Å². The van der Waals surface area contributed by atoms with Crippen LogP contribution in [0.2, 0.25) is 0 Å². The van der Waals surface area contributed by atoms with Crippen molar-refractivity contribution in [2.45, 2.75) is 6.42 Å². The van der Waals surface area contributed by atoms with Crippen molar-refractivity contribution in [1.82, 2.24) is 9.78 Å². The third kappa shape index (κ3) is 3.45. The summed E-state index contributed by atoms with van der Waals surface area (Å²) >= 11 is 0. The summed E-state index contributed by atoms with van der Waals surface area (Å²) in [5.41, 5.74) is 5.45. The summed E-state index contributed by atoms with van der Waals surface area (Å²) in [5, 5.41) is 4.92. The molecule has 4 heteroatoms. The minimum absolute atomic E-state index is 0.151. The molecule has 0 aliphatic carbocycles. The first-order valence-electron chi connectivity index (χ1n) is 9.13. The highest BCUT2D eigenvalue weighted by Gasteiger charge is 2.23. The third-order valence-corrected chi connectivity index (χ3v) is 4.63. The molecule has 0 spiro atoms. The Morgan fingerprint density at radius 2 is 1.36 bits per heavy atom. The minimum Gasteiger partial charge on any atom is -0.469 e. The Bertz CT molecular complexity index is 1070. The van der Waals surface area contributed by atoms with E-state index in [0.29, 0.717) is 0 Å². The SMILES string of the molecule is COC(=O)Cc1c(-c2ccccc2)nn(-c2ccccc2)c1-c1ccccc1. The monoisotopic (exact) mass is 368 g/mol. The van der Waals surface area contributed by atoms with Gasteiger partial charge in [-0.25, -0.2) is 4.68 Å². The Labute approximate surface area is 164 Å². The van der Waals surface area contributed by atoms with Crippen molar-refractivity contribution in [3.63, 3.8) is 0 Å². The molecule has 0 saturated heterocycles. The Kier molecular flexibility index (Phi) is 5.02. The molecule has 1 heterocycles. The second-order valence-electron chi connectivity index (χ2n) is 6.41. The van der Waals surface area contributed by atoms with Crippen molar-refractivity contribution in [3.8, 4) is 28.2 Å². The summed E-state index contributed by atoms with van der Waals surface area (Å²) in [4.78, 5) is 12.2. The number of carbonyl (C=O) groups excluding carboxylic acids is 1. The molecule has 0 bridgehead atoms. The number of ether oxygens (including phenoxy) is 1. The number of esters is 1. The molecular weight excluding hydrogens is 348 g/mol. The van der Waals surface area contributed by atoms with E-state index in [1.165, 1.54) is 7.11 Å². The van der Waals surface area contributed by atoms with Crippen LogP contribution in [0.5, 0.6) is 0 Å². The molecule has 4 aromatic rings. The molecular formula is C24H20N2O2. The van der Waals surface area contributed by atoms with E-state index < -0.39 is 0 Å². The topological polar surface area (TPSA) is 44.1 Å². The minimum atomic E-state index is -0.290. The predicted molar refractivity (Wildman–Crippen MR) is 110 cm³/mol. The van der Waals surface area contributed by atoms with E-state index in [9.17, 15) is 4.79 Å². The second kappa shape index (κ2) is 7.92. The lowest BCUT2D eigenvalue weighted by atomic mass is 9.99. The zero-order valence-electron chi connectivity index (χ0n) is 15.6. The summed E-state index contributed by atoms with van der Waals surface area (Å²) in [6, 6.07) is 29.9. The summed E-state index contributed by atoms with van der Waals surface area (Å²) < 4.78 is 6.89. The van der Waals surface area contributed by atoms with Crippen LogP contribution in [0.4, 0.5) is 0 Å². The van der Waals surface area contributed by atoms with Gasteiger partial charge in [-0.1, -0.05) is 78.9 Å². The number of methoxy groups -OCH3 is 1. The zero-order valence-corrected chi connectivity index (χ0v) is 15.6. The van der Waals surface area contributed by atoms with Crippen molar-refractivity contribution in [2.24, 2.45) is 0 Å². The van der Waals surface area contributed by atoms with Crippen LogP contribution in [-0.4, -0.2) is 22.9 Å². The highest BCUT2D eigenvalue weighted by molar-refractivity contribution is 5.83. The lowest BCUT2D eigenvalue weighted by Crippen LogP contribution is -2.06. The maximum absolute atomic E-state index is 12.2. The average molecular weight is 368 g/mol. The number of para-hydroxylation sites is 1. The first-order valence-corrected chi connectivity index (χ1v) is 9.13. The number of hydrogen-bond donors (Lipinski definition) is 0. The third-order valence-electron chi connectivity index (χ3n) is 4.63. The summed E-state index contributed by atoms with van der Waals surface area (Å²) in [6.07, 6.45) is 0.151. The van der Waals surface area contributed by atoms with E-state index in [1.807, 2.05) is 95.7 Å². The molecule has 0 unspecified atom stereocenters. The molecule has 4 nitrogen and oxygen atoms in total. The molecule has 3 aromatic carbocycles. The molecule has 0 aliphatic heterocycles. The smallest absolute Gasteiger partial charge is 0.310 e. The van der Waals surface area contributed by atoms with Gasteiger partial charge in [0, 0.05) is 16.7 Å². The van der Waals surface area contributed by atoms with Gasteiger partial charge < -0.3 is 4.74 Å². The number of carbonyl (C=O) groups is 1. The quantitative estimate of drug-likeness (QED) is 0.470. The van der Waals surface area contributed by atoms with Gasteiger partial charge in [0.25, 0.3) is 0 Å². The van der Waals surface area contributed by atoms with E-state index in [0.717, 1.165) is 33.8 Å². The number of hydrogen-bond acceptors (Lipinski definition) is 3. The molecule has 28 heavy (non-hydrogen) atoms. The molecule has 1 aromatic heterocycles. The van der Waals surface area contributed by atoms with Crippen LogP contribution in [-0.2, 0) is 16.0 Å². The highest BCUT2D eigenvalue weighted by Crippen LogP contribution is 2.34. The van der Waals surface area contributed by atoms with Crippen molar-refractivity contribution in [3.05, 3.63) is 96.6 Å². The van der Waals surface area contributed by atoms with Crippen LogP contribution < -0.4 is 0 Å². The van der Waals surface area contributed by atoms with Crippen molar-refractivity contribution in [1.29, 1.82) is 0 Å². The van der Waals surface area contributed by atoms with Crippen molar-refractivity contribution >= 4 is 5.97 Å². The van der Waals surface area contributed by atoms with Crippen LogP contribution in [0.15, 0.2) is 91.0 Å². The molecule has 0 saturated carbocycles. The Morgan fingerprint density at radius 3 is 1.93 bits per heavy atom. The van der Waals surface area contributed by atoms with Gasteiger partial charge in [-0.2, -0.15) is 5.10 Å². The fraction of sp³-hybridized carbons (Fsp3) is 0.0833. The first-order chi connectivity index (χ1) is 13.8. The second-order valence-corrected chi connectivity index (χ2v) is 6.41. The van der Waals surface area contributed by atoms with Crippen molar-refractivity contribution in [2.75, 3.05) is 7.11 Å². The standard InChI is InChI=1S/C24H20N2O2/c1-28-22(27)17-21-23(18-11-5-2-6-12-18)25-26(20-15-9-4-10-16-20)24(21)19-13-7-3-8-14-19/h2-16H,17H2,1H3. The zero-order chi connectivity index (χ0) is 19.3. The lowest BCUT2D eigenvalue weighted by Gasteiger charge is -2.10. The fourth-order valence-corrected chi connectivity index (χ4v) is 3.31. The summed E-state index contributed by atoms with van der Waals surface area (Å²) in [7, 11) is 1.41. The predicted octanol–water partition coefficient (Wildman–Crippen LogP) is 4.92. The van der Waals surface area contributed by atoms with Gasteiger partial charge in [0.15, 0.2) is 0 Å². The number of aromatic nitrogens is 2. The fourth-order valence-electron chi connectivity index (χ4n) is 3.31. The van der Waals surface area contributed by atoms with Gasteiger partial charge in [-0.15, -0.1) is 0 Å². The van der Waals surface area contributed by atoms with Crippen LogP contribution in [0.3, 0.4) is 0 Å². The average Bonchev–Trinajstić information content (AvgIpc) is 3.14. The van der Waals surface area contributed by atoms with E-state index in [2.05, 4.69) is 0 Å². The summed E-state index contributed by atoms with van der Waals surface area (Å²) in [6.45, 7) is 0. The molecule has 0 atom stereocenters. The Hall–Kier alpha value is -3.66. The van der Waals surface area contributed by atoms with Gasteiger partial charge in [-0.3, -0.25) is 4.79 Å². The molecule has 0 N–H and O–H groups in total. The van der Waals surface area contributed by atoms with Gasteiger partial charge in [-0.05, 0) is 12.1 Å². The molecule has 138 valence electrons. The van der Waals surface area contributed by atoms with Crippen LogP contribution in [0.25, 0.3) is 28.2 Å². The maximum Gasteiger partial charge on any atom is 0.310 e. The van der Waals surface area contributed by atoms with Crippen LogP contribution in [0, 0.1) is 0 Å². The van der Waals surface area contributed by atoms with Crippen LogP contribution in [0.1, 0.15) is 5.56 Å². The van der Waals surface area contributed by atoms with Gasteiger partial charge >= 0.3 is 5.97 Å². The summed E-state index contributed by atoms with van der Waals surface area (Å²) in [5.74, 6) is -0.290. The van der Waals surface area contributed by atoms with E-state index in [1.54, 1.807) is 0 Å². The molecule has 4 rings (SSSR count). The largest absolute Gasteiger partial charge is 0.469 e. The first kappa shape index (κ1) is 17.7. The normalized spacial score (nSPS) is 10.6. The molecule has 0 aliphatic rings. The van der Waals surface area contributed by atoms with Crippen LogP contribution >= 0.6 is 0 Å². The molecule has 0 fully saturated rings. The van der Waals surface area contributed by atoms with E-state index in [-0.39, 0.29) is 12.4 Å². The van der Waals surface area contributed by atoms with Gasteiger partial charge in [0.2, 0.25) is 0 Å². The highest BCUT2D eigenvalue weighted by atomic mass is 16.5. The number of benzene rings is 3. The maximum atomic E-state index is 12.2. The number of nitrogens with zero attached hydrogens (tertiary/aromatic N) is 2. The number of rotatable bonds is 5.